The normalized spacial score (nSPS) is 11.4. The molecule has 1 rings (SSSR count). The minimum Gasteiger partial charge on any atom is -0.496 e. The quantitative estimate of drug-likeness (QED) is 0.745. The molecule has 0 atom stereocenters. The van der Waals surface area contributed by atoms with E-state index in [1.54, 1.807) is 18.2 Å². The second-order valence-corrected chi connectivity index (χ2v) is 5.10. The molecule has 0 radical (unpaired) electrons. The average Bonchev–Trinajstić information content (AvgIpc) is 2.27. The minimum absolute atomic E-state index is 0.159. The number of aliphatic hydroxyl groups excluding tert-OH is 1. The molecule has 0 spiro atoms. The molecule has 0 bridgehead atoms. The summed E-state index contributed by atoms with van der Waals surface area (Å²) in [7, 11) is -1.88. The number of aliphatic hydroxyl groups is 1. The van der Waals surface area contributed by atoms with Gasteiger partial charge in [0.15, 0.2) is 0 Å². The van der Waals surface area contributed by atoms with Gasteiger partial charge >= 0.3 is 0 Å². The SMILES string of the molecule is COc1ccccc1CNS(=O)(=O)CCO. The Balaban J connectivity index is 2.68. The minimum atomic E-state index is -3.41. The number of hydrogen-bond donors (Lipinski definition) is 2. The summed E-state index contributed by atoms with van der Waals surface area (Å²) in [6.07, 6.45) is 0. The monoisotopic (exact) mass is 245 g/mol. The van der Waals surface area contributed by atoms with Gasteiger partial charge in [-0.15, -0.1) is 0 Å². The van der Waals surface area contributed by atoms with Crippen LogP contribution in [0.2, 0.25) is 0 Å². The highest BCUT2D eigenvalue weighted by atomic mass is 32.2. The Hall–Kier alpha value is -1.11. The van der Waals surface area contributed by atoms with Crippen LogP contribution in [0.3, 0.4) is 0 Å². The first-order valence-corrected chi connectivity index (χ1v) is 6.44. The smallest absolute Gasteiger partial charge is 0.214 e. The zero-order valence-corrected chi connectivity index (χ0v) is 9.83. The predicted molar refractivity (Wildman–Crippen MR) is 60.7 cm³/mol. The fraction of sp³-hybridized carbons (Fsp3) is 0.400. The molecule has 5 nitrogen and oxygen atoms in total. The van der Waals surface area contributed by atoms with Gasteiger partial charge < -0.3 is 9.84 Å². The van der Waals surface area contributed by atoms with E-state index >= 15 is 0 Å². The molecule has 0 aliphatic carbocycles. The van der Waals surface area contributed by atoms with Gasteiger partial charge in [-0.25, -0.2) is 13.1 Å². The number of hydrogen-bond acceptors (Lipinski definition) is 4. The number of benzene rings is 1. The van der Waals surface area contributed by atoms with Crippen LogP contribution >= 0.6 is 0 Å². The summed E-state index contributed by atoms with van der Waals surface area (Å²) >= 11 is 0. The Morgan fingerprint density at radius 1 is 1.38 bits per heavy atom. The molecule has 0 saturated carbocycles. The van der Waals surface area contributed by atoms with Crippen LogP contribution in [-0.2, 0) is 16.6 Å². The number of nitrogens with one attached hydrogen (secondary N) is 1. The molecule has 2 N–H and O–H groups in total. The first-order valence-electron chi connectivity index (χ1n) is 4.79. The van der Waals surface area contributed by atoms with E-state index in [0.717, 1.165) is 5.56 Å². The predicted octanol–water partition coefficient (Wildman–Crippen LogP) is 0.107. The van der Waals surface area contributed by atoms with E-state index in [1.165, 1.54) is 7.11 Å². The van der Waals surface area contributed by atoms with E-state index in [0.29, 0.717) is 5.75 Å². The van der Waals surface area contributed by atoms with E-state index in [4.69, 9.17) is 9.84 Å². The molecule has 0 fully saturated rings. The maximum absolute atomic E-state index is 11.3. The van der Waals surface area contributed by atoms with Crippen LogP contribution in [0.5, 0.6) is 5.75 Å². The van der Waals surface area contributed by atoms with Crippen molar-refractivity contribution in [3.63, 3.8) is 0 Å². The zero-order valence-electron chi connectivity index (χ0n) is 9.01. The van der Waals surface area contributed by atoms with Crippen LogP contribution in [0, 0.1) is 0 Å². The van der Waals surface area contributed by atoms with Gasteiger partial charge in [-0.05, 0) is 6.07 Å². The highest BCUT2D eigenvalue weighted by Gasteiger charge is 2.10. The van der Waals surface area contributed by atoms with Crippen LogP contribution < -0.4 is 9.46 Å². The molecule has 6 heteroatoms. The molecule has 90 valence electrons. The Labute approximate surface area is 95.1 Å². The van der Waals surface area contributed by atoms with Crippen molar-refractivity contribution in [3.05, 3.63) is 29.8 Å². The molecule has 0 amide bonds. The van der Waals surface area contributed by atoms with Gasteiger partial charge in [0.2, 0.25) is 10.0 Å². The molecule has 0 saturated heterocycles. The fourth-order valence-corrected chi connectivity index (χ4v) is 1.99. The third kappa shape index (κ3) is 3.80. The van der Waals surface area contributed by atoms with Crippen molar-refractivity contribution in [3.8, 4) is 5.75 Å². The van der Waals surface area contributed by atoms with Crippen LogP contribution in [0.4, 0.5) is 0 Å². The maximum atomic E-state index is 11.3. The molecule has 0 aliphatic heterocycles. The van der Waals surface area contributed by atoms with Gasteiger partial charge in [0.05, 0.1) is 19.5 Å². The van der Waals surface area contributed by atoms with Gasteiger partial charge in [0.25, 0.3) is 0 Å². The molecular weight excluding hydrogens is 230 g/mol. The summed E-state index contributed by atoms with van der Waals surface area (Å²) in [5.41, 5.74) is 0.756. The van der Waals surface area contributed by atoms with Gasteiger partial charge in [0.1, 0.15) is 5.75 Å². The van der Waals surface area contributed by atoms with Crippen LogP contribution in [0.25, 0.3) is 0 Å². The van der Waals surface area contributed by atoms with E-state index in [9.17, 15) is 8.42 Å². The van der Waals surface area contributed by atoms with E-state index in [-0.39, 0.29) is 18.9 Å². The van der Waals surface area contributed by atoms with Crippen molar-refractivity contribution < 1.29 is 18.3 Å². The van der Waals surface area contributed by atoms with Crippen molar-refractivity contribution in [2.24, 2.45) is 0 Å². The zero-order chi connectivity index (χ0) is 12.0. The number of para-hydroxylation sites is 1. The molecule has 0 aliphatic rings. The Kier molecular flexibility index (Phi) is 4.72. The average molecular weight is 245 g/mol. The standard InChI is InChI=1S/C10H15NO4S/c1-15-10-5-3-2-4-9(10)8-11-16(13,14)7-6-12/h2-5,11-12H,6-8H2,1H3. The molecule has 16 heavy (non-hydrogen) atoms. The number of methoxy groups -OCH3 is 1. The largest absolute Gasteiger partial charge is 0.496 e. The lowest BCUT2D eigenvalue weighted by Gasteiger charge is -2.09. The lowest BCUT2D eigenvalue weighted by atomic mass is 10.2. The summed E-state index contributed by atoms with van der Waals surface area (Å²) in [6.45, 7) is -0.229. The summed E-state index contributed by atoms with van der Waals surface area (Å²) in [4.78, 5) is 0. The molecule has 0 aromatic heterocycles. The van der Waals surface area contributed by atoms with Crippen molar-refractivity contribution in [2.75, 3.05) is 19.5 Å². The molecule has 1 aromatic carbocycles. The third-order valence-corrected chi connectivity index (χ3v) is 3.34. The topological polar surface area (TPSA) is 75.6 Å². The summed E-state index contributed by atoms with van der Waals surface area (Å²) in [5, 5.41) is 8.56. The Bertz CT molecular complexity index is 430. The van der Waals surface area contributed by atoms with Crippen molar-refractivity contribution >= 4 is 10.0 Å². The fourth-order valence-electron chi connectivity index (χ4n) is 1.23. The number of ether oxygens (including phenoxy) is 1. The summed E-state index contributed by atoms with van der Waals surface area (Å²) in [5.74, 6) is 0.344. The van der Waals surface area contributed by atoms with E-state index in [2.05, 4.69) is 4.72 Å². The van der Waals surface area contributed by atoms with Gasteiger partial charge in [-0.3, -0.25) is 0 Å². The van der Waals surface area contributed by atoms with Crippen LogP contribution in [0.1, 0.15) is 5.56 Å². The second-order valence-electron chi connectivity index (χ2n) is 3.18. The van der Waals surface area contributed by atoms with Gasteiger partial charge in [-0.2, -0.15) is 0 Å². The highest BCUT2D eigenvalue weighted by molar-refractivity contribution is 7.89. The summed E-state index contributed by atoms with van der Waals surface area (Å²) < 4.78 is 30.1. The molecule has 1 aromatic rings. The van der Waals surface area contributed by atoms with Crippen LogP contribution in [-0.4, -0.2) is 33.0 Å². The molecule has 0 unspecified atom stereocenters. The first-order chi connectivity index (χ1) is 7.59. The van der Waals surface area contributed by atoms with E-state index < -0.39 is 10.0 Å². The number of rotatable bonds is 6. The van der Waals surface area contributed by atoms with Crippen LogP contribution in [0.15, 0.2) is 24.3 Å². The highest BCUT2D eigenvalue weighted by Crippen LogP contribution is 2.16. The lowest BCUT2D eigenvalue weighted by molar-refractivity contribution is 0.319. The Morgan fingerprint density at radius 3 is 2.69 bits per heavy atom. The second kappa shape index (κ2) is 5.83. The summed E-state index contributed by atoms with van der Waals surface area (Å²) in [6, 6.07) is 7.15. The molecule has 0 heterocycles. The van der Waals surface area contributed by atoms with Crippen molar-refractivity contribution in [1.82, 2.24) is 4.72 Å². The molecular formula is C10H15NO4S. The van der Waals surface area contributed by atoms with Gasteiger partial charge in [-0.1, -0.05) is 18.2 Å². The third-order valence-electron chi connectivity index (χ3n) is 2.04. The first kappa shape index (κ1) is 13.0. The lowest BCUT2D eigenvalue weighted by Crippen LogP contribution is -2.27. The van der Waals surface area contributed by atoms with Crippen molar-refractivity contribution in [1.29, 1.82) is 0 Å². The van der Waals surface area contributed by atoms with E-state index in [1.807, 2.05) is 6.07 Å². The maximum Gasteiger partial charge on any atom is 0.214 e. The number of sulfonamides is 1. The van der Waals surface area contributed by atoms with Gasteiger partial charge in [0, 0.05) is 12.1 Å². The van der Waals surface area contributed by atoms with Crippen molar-refractivity contribution in [2.45, 2.75) is 6.54 Å². The Morgan fingerprint density at radius 2 is 2.06 bits per heavy atom.